The van der Waals surface area contributed by atoms with Crippen molar-refractivity contribution in [1.29, 1.82) is 0 Å². The van der Waals surface area contributed by atoms with Gasteiger partial charge in [0, 0.05) is 11.8 Å². The second-order valence-corrected chi connectivity index (χ2v) is 6.29. The first-order valence-electron chi connectivity index (χ1n) is 8.08. The fourth-order valence-electron chi connectivity index (χ4n) is 2.85. The van der Waals surface area contributed by atoms with Gasteiger partial charge in [-0.15, -0.1) is 0 Å². The van der Waals surface area contributed by atoms with Gasteiger partial charge in [-0.3, -0.25) is 9.20 Å². The Morgan fingerprint density at radius 3 is 2.65 bits per heavy atom. The zero-order valence-electron chi connectivity index (χ0n) is 14.0. The molecule has 2 aromatic carbocycles. The Labute approximate surface area is 155 Å². The third-order valence-corrected chi connectivity index (χ3v) is 4.51. The summed E-state index contributed by atoms with van der Waals surface area (Å²) in [5.74, 6) is 0.904. The number of carbonyl (C=O) groups is 1. The van der Waals surface area contributed by atoms with Gasteiger partial charge in [0.1, 0.15) is 5.52 Å². The summed E-state index contributed by atoms with van der Waals surface area (Å²) in [6.07, 6.45) is 4.17. The molecule has 0 aliphatic rings. The van der Waals surface area contributed by atoms with Crippen LogP contribution in [-0.4, -0.2) is 20.7 Å². The smallest absolute Gasteiger partial charge is 0.185 e. The summed E-state index contributed by atoms with van der Waals surface area (Å²) in [6, 6.07) is 15.5. The number of aromatic nitrogens is 3. The number of hydrogen-bond acceptors (Lipinski definition) is 4. The number of benzene rings is 2. The lowest BCUT2D eigenvalue weighted by Crippen LogP contribution is -2.03. The Hall–Kier alpha value is -3.18. The predicted octanol–water partition coefficient (Wildman–Crippen LogP) is 4.91. The SMILES string of the molecule is Cc1cccc(Cl)c1Nc1nc(-c2ccccc2)cn2c(C=O)ncc12. The number of halogens is 1. The van der Waals surface area contributed by atoms with E-state index in [4.69, 9.17) is 16.6 Å². The van der Waals surface area contributed by atoms with Gasteiger partial charge in [0.2, 0.25) is 0 Å². The molecule has 0 aliphatic carbocycles. The molecular formula is C20H15ClN4O. The summed E-state index contributed by atoms with van der Waals surface area (Å²) >= 11 is 6.35. The number of hydrogen-bond donors (Lipinski definition) is 1. The zero-order valence-corrected chi connectivity index (χ0v) is 14.7. The fraction of sp³-hybridized carbons (Fsp3) is 0.0500. The molecule has 0 bridgehead atoms. The number of nitrogens with one attached hydrogen (secondary N) is 1. The first-order chi connectivity index (χ1) is 12.7. The van der Waals surface area contributed by atoms with Crippen LogP contribution in [-0.2, 0) is 0 Å². The van der Waals surface area contributed by atoms with Crippen LogP contribution >= 0.6 is 11.6 Å². The van der Waals surface area contributed by atoms with Gasteiger partial charge in [-0.05, 0) is 18.6 Å². The maximum Gasteiger partial charge on any atom is 0.185 e. The summed E-state index contributed by atoms with van der Waals surface area (Å²) in [4.78, 5) is 20.3. The third-order valence-electron chi connectivity index (χ3n) is 4.19. The van der Waals surface area contributed by atoms with Crippen LogP contribution in [0.3, 0.4) is 0 Å². The Kier molecular flexibility index (Phi) is 4.14. The Balaban J connectivity index is 1.93. The molecule has 0 spiro atoms. The van der Waals surface area contributed by atoms with Crippen LogP contribution in [0.2, 0.25) is 5.02 Å². The van der Waals surface area contributed by atoms with Crippen LogP contribution in [0, 0.1) is 6.92 Å². The van der Waals surface area contributed by atoms with Crippen molar-refractivity contribution in [3.8, 4) is 11.3 Å². The van der Waals surface area contributed by atoms with Crippen molar-refractivity contribution in [1.82, 2.24) is 14.4 Å². The third kappa shape index (κ3) is 2.82. The quantitative estimate of drug-likeness (QED) is 0.524. The highest BCUT2D eigenvalue weighted by Crippen LogP contribution is 2.31. The molecule has 4 aromatic rings. The molecule has 0 amide bonds. The number of para-hydroxylation sites is 1. The van der Waals surface area contributed by atoms with Crippen molar-refractivity contribution in [2.24, 2.45) is 0 Å². The number of aldehydes is 1. The predicted molar refractivity (Wildman–Crippen MR) is 103 cm³/mol. The number of anilines is 2. The van der Waals surface area contributed by atoms with Gasteiger partial charge >= 0.3 is 0 Å². The van der Waals surface area contributed by atoms with E-state index in [-0.39, 0.29) is 0 Å². The molecule has 0 radical (unpaired) electrons. The maximum absolute atomic E-state index is 11.4. The van der Waals surface area contributed by atoms with Crippen molar-refractivity contribution in [3.63, 3.8) is 0 Å². The molecule has 0 saturated heterocycles. The summed E-state index contributed by atoms with van der Waals surface area (Å²) in [7, 11) is 0. The van der Waals surface area contributed by atoms with E-state index in [2.05, 4.69) is 10.3 Å². The molecule has 6 heteroatoms. The number of rotatable bonds is 4. The van der Waals surface area contributed by atoms with Crippen LogP contribution in [0.4, 0.5) is 11.5 Å². The Morgan fingerprint density at radius 1 is 1.12 bits per heavy atom. The van der Waals surface area contributed by atoms with Crippen LogP contribution in [0.25, 0.3) is 16.8 Å². The minimum atomic E-state index is 0.318. The van der Waals surface area contributed by atoms with Gasteiger partial charge in [-0.25, -0.2) is 9.97 Å². The average Bonchev–Trinajstić information content (AvgIpc) is 3.08. The van der Waals surface area contributed by atoms with Gasteiger partial charge in [-0.1, -0.05) is 54.1 Å². The summed E-state index contributed by atoms with van der Waals surface area (Å²) in [6.45, 7) is 1.97. The van der Waals surface area contributed by atoms with E-state index in [1.807, 2.05) is 61.7 Å². The Morgan fingerprint density at radius 2 is 1.92 bits per heavy atom. The number of fused-ring (bicyclic) bond motifs is 1. The van der Waals surface area contributed by atoms with Crippen molar-refractivity contribution >= 4 is 34.9 Å². The lowest BCUT2D eigenvalue weighted by molar-refractivity contribution is 0.111. The molecule has 2 aromatic heterocycles. The highest BCUT2D eigenvalue weighted by atomic mass is 35.5. The largest absolute Gasteiger partial charge is 0.337 e. The van der Waals surface area contributed by atoms with Crippen LogP contribution in [0.1, 0.15) is 16.2 Å². The first kappa shape index (κ1) is 16.3. The average molecular weight is 363 g/mol. The number of imidazole rings is 1. The van der Waals surface area contributed by atoms with Crippen LogP contribution in [0.5, 0.6) is 0 Å². The maximum atomic E-state index is 11.4. The molecule has 0 aliphatic heterocycles. The van der Waals surface area contributed by atoms with Crippen LogP contribution in [0.15, 0.2) is 60.9 Å². The second-order valence-electron chi connectivity index (χ2n) is 5.89. The molecule has 2 heterocycles. The van der Waals surface area contributed by atoms with Gasteiger partial charge in [-0.2, -0.15) is 0 Å². The van der Waals surface area contributed by atoms with Crippen molar-refractivity contribution in [2.75, 3.05) is 5.32 Å². The van der Waals surface area contributed by atoms with Crippen molar-refractivity contribution in [3.05, 3.63) is 77.3 Å². The van der Waals surface area contributed by atoms with Gasteiger partial charge in [0.25, 0.3) is 0 Å². The second kappa shape index (κ2) is 6.61. The van der Waals surface area contributed by atoms with E-state index in [0.717, 1.165) is 28.8 Å². The van der Waals surface area contributed by atoms with Gasteiger partial charge < -0.3 is 5.32 Å². The van der Waals surface area contributed by atoms with E-state index < -0.39 is 0 Å². The summed E-state index contributed by atoms with van der Waals surface area (Å²) in [5.41, 5.74) is 4.15. The highest BCUT2D eigenvalue weighted by Gasteiger charge is 2.14. The molecule has 4 rings (SSSR count). The van der Waals surface area contributed by atoms with E-state index >= 15 is 0 Å². The van der Waals surface area contributed by atoms with Crippen molar-refractivity contribution < 1.29 is 4.79 Å². The number of nitrogens with zero attached hydrogens (tertiary/aromatic N) is 3. The lowest BCUT2D eigenvalue weighted by Gasteiger charge is -2.13. The molecular weight excluding hydrogens is 348 g/mol. The van der Waals surface area contributed by atoms with E-state index in [1.165, 1.54) is 0 Å². The van der Waals surface area contributed by atoms with Crippen molar-refractivity contribution in [2.45, 2.75) is 6.92 Å². The van der Waals surface area contributed by atoms with Gasteiger partial charge in [0.15, 0.2) is 17.9 Å². The van der Waals surface area contributed by atoms with Crippen LogP contribution < -0.4 is 5.32 Å². The number of aryl methyl sites for hydroxylation is 1. The van der Waals surface area contributed by atoms with E-state index in [0.29, 0.717) is 22.2 Å². The summed E-state index contributed by atoms with van der Waals surface area (Å²) < 4.78 is 1.73. The van der Waals surface area contributed by atoms with E-state index in [1.54, 1.807) is 10.6 Å². The molecule has 0 unspecified atom stereocenters. The molecule has 1 N–H and O–H groups in total. The monoisotopic (exact) mass is 362 g/mol. The summed E-state index contributed by atoms with van der Waals surface area (Å²) in [5, 5.41) is 3.91. The topological polar surface area (TPSA) is 59.3 Å². The molecule has 0 saturated carbocycles. The lowest BCUT2D eigenvalue weighted by atomic mass is 10.1. The minimum absolute atomic E-state index is 0.318. The first-order valence-corrected chi connectivity index (χ1v) is 8.46. The normalized spacial score (nSPS) is 10.8. The molecule has 5 nitrogen and oxygen atoms in total. The van der Waals surface area contributed by atoms with Gasteiger partial charge in [0.05, 0.1) is 22.6 Å². The number of carbonyl (C=O) groups excluding carboxylic acids is 1. The fourth-order valence-corrected chi connectivity index (χ4v) is 3.12. The molecule has 0 fully saturated rings. The molecule has 26 heavy (non-hydrogen) atoms. The standard InChI is InChI=1S/C20H15ClN4O/c1-13-6-5-9-15(21)19(13)24-20-17-10-22-18(12-26)25(17)11-16(23-20)14-7-3-2-4-8-14/h2-12H,1H3,(H,23,24). The van der Waals surface area contributed by atoms with E-state index in [9.17, 15) is 4.79 Å². The Bertz CT molecular complexity index is 1090. The molecule has 0 atom stereocenters. The minimum Gasteiger partial charge on any atom is -0.337 e. The zero-order chi connectivity index (χ0) is 18.1. The molecule has 128 valence electrons. The highest BCUT2D eigenvalue weighted by molar-refractivity contribution is 6.33.